The first-order chi connectivity index (χ1) is 6.90. The lowest BCUT2D eigenvalue weighted by Gasteiger charge is -2.35. The Morgan fingerprint density at radius 2 is 1.64 bits per heavy atom. The van der Waals surface area contributed by atoms with Crippen LogP contribution in [0.4, 0.5) is 5.69 Å². The van der Waals surface area contributed by atoms with Crippen LogP contribution < -0.4 is 4.90 Å². The van der Waals surface area contributed by atoms with Crippen molar-refractivity contribution in [1.82, 2.24) is 4.90 Å². The SMILES string of the molecule is C[CH]N1CCN(c2ccccc2)CC1. The molecular weight excluding hydrogens is 172 g/mol. The monoisotopic (exact) mass is 189 g/mol. The molecule has 0 amide bonds. The number of benzene rings is 1. The molecule has 1 aliphatic rings. The minimum absolute atomic E-state index is 1.13. The van der Waals surface area contributed by atoms with Gasteiger partial charge in [-0.1, -0.05) is 18.2 Å². The molecule has 1 fully saturated rings. The fraction of sp³-hybridized carbons (Fsp3) is 0.417. The Labute approximate surface area is 86.1 Å². The van der Waals surface area contributed by atoms with E-state index in [2.05, 4.69) is 53.6 Å². The summed E-state index contributed by atoms with van der Waals surface area (Å²) in [6, 6.07) is 10.7. The van der Waals surface area contributed by atoms with Gasteiger partial charge in [-0.25, -0.2) is 0 Å². The standard InChI is InChI=1S/C12H17N2/c1-2-13-8-10-14(11-9-13)12-6-4-3-5-7-12/h2-7H,8-11H2,1H3. The van der Waals surface area contributed by atoms with E-state index in [-0.39, 0.29) is 0 Å². The first kappa shape index (κ1) is 9.53. The Bertz CT molecular complexity index is 263. The van der Waals surface area contributed by atoms with Gasteiger partial charge in [0.2, 0.25) is 0 Å². The molecule has 2 rings (SSSR count). The molecule has 0 N–H and O–H groups in total. The van der Waals surface area contributed by atoms with Gasteiger partial charge in [-0.3, -0.25) is 4.90 Å². The molecule has 0 aliphatic carbocycles. The highest BCUT2D eigenvalue weighted by molar-refractivity contribution is 5.46. The molecule has 0 aromatic heterocycles. The van der Waals surface area contributed by atoms with E-state index in [0.717, 1.165) is 26.2 Å². The summed E-state index contributed by atoms with van der Waals surface area (Å²) < 4.78 is 0. The number of hydrogen-bond donors (Lipinski definition) is 0. The summed E-state index contributed by atoms with van der Waals surface area (Å²) in [6.07, 6.45) is 0. The molecule has 2 heteroatoms. The Kier molecular flexibility index (Phi) is 3.04. The van der Waals surface area contributed by atoms with E-state index < -0.39 is 0 Å². The van der Waals surface area contributed by atoms with Gasteiger partial charge in [0.05, 0.1) is 0 Å². The fourth-order valence-electron chi connectivity index (χ4n) is 1.88. The maximum atomic E-state index is 2.44. The maximum Gasteiger partial charge on any atom is 0.0367 e. The van der Waals surface area contributed by atoms with Gasteiger partial charge in [0.25, 0.3) is 0 Å². The van der Waals surface area contributed by atoms with Gasteiger partial charge in [0.1, 0.15) is 0 Å². The van der Waals surface area contributed by atoms with E-state index in [1.807, 2.05) is 0 Å². The molecule has 1 aromatic carbocycles. The molecule has 0 bridgehead atoms. The van der Waals surface area contributed by atoms with Crippen LogP contribution in [0.15, 0.2) is 30.3 Å². The predicted octanol–water partition coefficient (Wildman–Crippen LogP) is 1.99. The van der Waals surface area contributed by atoms with E-state index in [4.69, 9.17) is 0 Å². The molecule has 0 unspecified atom stereocenters. The van der Waals surface area contributed by atoms with Gasteiger partial charge < -0.3 is 4.90 Å². The van der Waals surface area contributed by atoms with Crippen LogP contribution in [-0.4, -0.2) is 31.1 Å². The number of hydrogen-bond acceptors (Lipinski definition) is 2. The summed E-state index contributed by atoms with van der Waals surface area (Å²) in [7, 11) is 0. The van der Waals surface area contributed by atoms with E-state index in [1.54, 1.807) is 0 Å². The van der Waals surface area contributed by atoms with Crippen molar-refractivity contribution in [2.45, 2.75) is 6.92 Å². The van der Waals surface area contributed by atoms with Crippen molar-refractivity contribution in [2.75, 3.05) is 31.1 Å². The summed E-state index contributed by atoms with van der Waals surface area (Å²) in [5, 5.41) is 0. The van der Waals surface area contributed by atoms with Gasteiger partial charge in [0.15, 0.2) is 0 Å². The zero-order valence-corrected chi connectivity index (χ0v) is 8.69. The van der Waals surface area contributed by atoms with Crippen LogP contribution in [0.2, 0.25) is 0 Å². The van der Waals surface area contributed by atoms with E-state index in [1.165, 1.54) is 5.69 Å². The molecule has 0 spiro atoms. The van der Waals surface area contributed by atoms with Gasteiger partial charge in [-0.15, -0.1) is 0 Å². The molecule has 1 radical (unpaired) electrons. The zero-order chi connectivity index (χ0) is 9.80. The quantitative estimate of drug-likeness (QED) is 0.702. The Hall–Kier alpha value is -1.02. The lowest BCUT2D eigenvalue weighted by atomic mass is 10.2. The van der Waals surface area contributed by atoms with Crippen LogP contribution in [-0.2, 0) is 0 Å². The fourth-order valence-corrected chi connectivity index (χ4v) is 1.88. The average Bonchev–Trinajstić information content (AvgIpc) is 2.30. The number of piperazine rings is 1. The Morgan fingerprint density at radius 1 is 1.00 bits per heavy atom. The molecule has 0 atom stereocenters. The van der Waals surface area contributed by atoms with Crippen LogP contribution in [0.3, 0.4) is 0 Å². The van der Waals surface area contributed by atoms with Crippen LogP contribution in [0.5, 0.6) is 0 Å². The van der Waals surface area contributed by atoms with Crippen molar-refractivity contribution in [3.05, 3.63) is 36.9 Å². The molecule has 75 valence electrons. The van der Waals surface area contributed by atoms with Crippen LogP contribution in [0.25, 0.3) is 0 Å². The van der Waals surface area contributed by atoms with Crippen molar-refractivity contribution in [3.8, 4) is 0 Å². The number of rotatable bonds is 2. The summed E-state index contributed by atoms with van der Waals surface area (Å²) in [5.74, 6) is 0. The van der Waals surface area contributed by atoms with Gasteiger partial charge in [-0.2, -0.15) is 0 Å². The second-order valence-electron chi connectivity index (χ2n) is 3.62. The average molecular weight is 189 g/mol. The second-order valence-corrected chi connectivity index (χ2v) is 3.62. The highest BCUT2D eigenvalue weighted by Gasteiger charge is 2.15. The number of nitrogens with zero attached hydrogens (tertiary/aromatic N) is 2. The Balaban J connectivity index is 1.96. The number of para-hydroxylation sites is 1. The van der Waals surface area contributed by atoms with Crippen LogP contribution in [0.1, 0.15) is 6.92 Å². The Morgan fingerprint density at radius 3 is 2.21 bits per heavy atom. The van der Waals surface area contributed by atoms with Crippen molar-refractivity contribution in [1.29, 1.82) is 0 Å². The second kappa shape index (κ2) is 4.47. The molecular formula is C12H17N2. The maximum absolute atomic E-state index is 2.44. The third-order valence-corrected chi connectivity index (χ3v) is 2.80. The molecule has 1 aliphatic heterocycles. The topological polar surface area (TPSA) is 6.48 Å². The zero-order valence-electron chi connectivity index (χ0n) is 8.69. The van der Waals surface area contributed by atoms with Gasteiger partial charge >= 0.3 is 0 Å². The summed E-state index contributed by atoms with van der Waals surface area (Å²) in [4.78, 5) is 4.82. The van der Waals surface area contributed by atoms with E-state index in [9.17, 15) is 0 Å². The van der Waals surface area contributed by atoms with Crippen molar-refractivity contribution >= 4 is 5.69 Å². The lowest BCUT2D eigenvalue weighted by molar-refractivity contribution is 0.315. The normalized spacial score (nSPS) is 18.5. The van der Waals surface area contributed by atoms with E-state index >= 15 is 0 Å². The largest absolute Gasteiger partial charge is 0.369 e. The minimum Gasteiger partial charge on any atom is -0.369 e. The van der Waals surface area contributed by atoms with Gasteiger partial charge in [0, 0.05) is 38.4 Å². The number of anilines is 1. The lowest BCUT2D eigenvalue weighted by Crippen LogP contribution is -2.44. The highest BCUT2D eigenvalue weighted by Crippen LogP contribution is 2.15. The third kappa shape index (κ3) is 2.07. The third-order valence-electron chi connectivity index (χ3n) is 2.80. The molecule has 2 nitrogen and oxygen atoms in total. The smallest absolute Gasteiger partial charge is 0.0367 e. The predicted molar refractivity (Wildman–Crippen MR) is 60.2 cm³/mol. The van der Waals surface area contributed by atoms with Gasteiger partial charge in [-0.05, 0) is 19.1 Å². The minimum atomic E-state index is 1.13. The summed E-state index contributed by atoms with van der Waals surface area (Å²) >= 11 is 0. The molecule has 1 heterocycles. The molecule has 1 aromatic rings. The molecule has 1 saturated heterocycles. The first-order valence-electron chi connectivity index (χ1n) is 5.23. The summed E-state index contributed by atoms with van der Waals surface area (Å²) in [5.41, 5.74) is 1.35. The van der Waals surface area contributed by atoms with Crippen LogP contribution >= 0.6 is 0 Å². The molecule has 0 saturated carbocycles. The van der Waals surface area contributed by atoms with E-state index in [0.29, 0.717) is 0 Å². The summed E-state index contributed by atoms with van der Waals surface area (Å²) in [6.45, 7) is 8.85. The highest BCUT2D eigenvalue weighted by atomic mass is 15.3. The van der Waals surface area contributed by atoms with Crippen LogP contribution in [0, 0.1) is 6.54 Å². The van der Waals surface area contributed by atoms with Crippen molar-refractivity contribution < 1.29 is 0 Å². The first-order valence-corrected chi connectivity index (χ1v) is 5.23. The van der Waals surface area contributed by atoms with Crippen molar-refractivity contribution in [2.24, 2.45) is 0 Å². The molecule has 14 heavy (non-hydrogen) atoms. The van der Waals surface area contributed by atoms with Crippen molar-refractivity contribution in [3.63, 3.8) is 0 Å².